The van der Waals surface area contributed by atoms with Crippen molar-refractivity contribution in [2.75, 3.05) is 0 Å². The van der Waals surface area contributed by atoms with Crippen molar-refractivity contribution >= 4 is 19.9 Å². The molecular formula is C12H22ClNSi. The summed E-state index contributed by atoms with van der Waals surface area (Å²) in [4.78, 5) is 0. The Morgan fingerprint density at radius 3 is 1.73 bits per heavy atom. The molecule has 0 saturated heterocycles. The highest BCUT2D eigenvalue weighted by Gasteiger charge is 1.92. The summed E-state index contributed by atoms with van der Waals surface area (Å²) in [5.41, 5.74) is 0. The van der Waals surface area contributed by atoms with Crippen LogP contribution in [0.2, 0.25) is 6.04 Å². The zero-order chi connectivity index (χ0) is 11.2. The molecule has 3 heteroatoms. The second-order valence-electron chi connectivity index (χ2n) is 3.97. The van der Waals surface area contributed by atoms with E-state index in [1.54, 1.807) is 0 Å². The monoisotopic (exact) mass is 243 g/mol. The molecule has 0 aromatic heterocycles. The van der Waals surface area contributed by atoms with E-state index < -0.39 is 0 Å². The largest absolute Gasteiger partial charge is 0.198 e. The van der Waals surface area contributed by atoms with Crippen LogP contribution in [-0.2, 0) is 0 Å². The number of hydrogen-bond donors (Lipinski definition) is 0. The van der Waals surface area contributed by atoms with Gasteiger partial charge < -0.3 is 0 Å². The first-order chi connectivity index (χ1) is 7.41. The molecule has 0 aliphatic carbocycles. The van der Waals surface area contributed by atoms with Gasteiger partial charge in [0.2, 0.25) is 0 Å². The molecule has 0 N–H and O–H groups in total. The maximum atomic E-state index is 8.35. The highest BCUT2D eigenvalue weighted by atomic mass is 35.6. The van der Waals surface area contributed by atoms with Crippen molar-refractivity contribution in [3.8, 4) is 6.07 Å². The third kappa shape index (κ3) is 14.0. The summed E-state index contributed by atoms with van der Waals surface area (Å²) in [5, 5.41) is 8.35. The Morgan fingerprint density at radius 2 is 1.27 bits per heavy atom. The van der Waals surface area contributed by atoms with Crippen LogP contribution in [0, 0.1) is 11.3 Å². The van der Waals surface area contributed by atoms with Gasteiger partial charge in [0.25, 0.3) is 0 Å². The van der Waals surface area contributed by atoms with Crippen LogP contribution >= 0.6 is 11.1 Å². The Labute approximate surface area is 102 Å². The van der Waals surface area contributed by atoms with Crippen LogP contribution in [0.5, 0.6) is 0 Å². The molecule has 0 fully saturated rings. The second-order valence-corrected chi connectivity index (χ2v) is 5.54. The van der Waals surface area contributed by atoms with E-state index in [-0.39, 0.29) is 0 Å². The molecule has 0 aliphatic rings. The highest BCUT2D eigenvalue weighted by Crippen LogP contribution is 2.11. The molecular weight excluding hydrogens is 222 g/mol. The summed E-state index contributed by atoms with van der Waals surface area (Å²) in [7, 11) is 0.615. The van der Waals surface area contributed by atoms with E-state index in [9.17, 15) is 0 Å². The van der Waals surface area contributed by atoms with Crippen molar-refractivity contribution < 1.29 is 0 Å². The van der Waals surface area contributed by atoms with E-state index in [0.717, 1.165) is 12.8 Å². The predicted octanol–water partition coefficient (Wildman–Crippen LogP) is 4.69. The maximum Gasteiger partial charge on any atom is 0.171 e. The zero-order valence-corrected chi connectivity index (χ0v) is 11.4. The van der Waals surface area contributed by atoms with Crippen molar-refractivity contribution in [1.82, 2.24) is 0 Å². The first-order valence-electron chi connectivity index (χ1n) is 6.12. The molecule has 2 radical (unpaired) electrons. The lowest BCUT2D eigenvalue weighted by Gasteiger charge is -2.00. The Kier molecular flexibility index (Phi) is 14.0. The second kappa shape index (κ2) is 14.0. The van der Waals surface area contributed by atoms with Gasteiger partial charge >= 0.3 is 0 Å². The molecule has 0 aromatic carbocycles. The van der Waals surface area contributed by atoms with Crippen molar-refractivity contribution in [3.05, 3.63) is 0 Å². The van der Waals surface area contributed by atoms with E-state index >= 15 is 0 Å². The molecule has 1 nitrogen and oxygen atoms in total. The lowest BCUT2D eigenvalue weighted by Crippen LogP contribution is -1.83. The van der Waals surface area contributed by atoms with E-state index in [4.69, 9.17) is 16.3 Å². The van der Waals surface area contributed by atoms with Gasteiger partial charge in [-0.25, -0.2) is 0 Å². The quantitative estimate of drug-likeness (QED) is 0.294. The molecule has 0 spiro atoms. The average molecular weight is 244 g/mol. The third-order valence-corrected chi connectivity index (χ3v) is 3.67. The van der Waals surface area contributed by atoms with Crippen LogP contribution in [0.4, 0.5) is 0 Å². The van der Waals surface area contributed by atoms with Crippen molar-refractivity contribution in [1.29, 1.82) is 5.26 Å². The first-order valence-corrected chi connectivity index (χ1v) is 8.34. The zero-order valence-electron chi connectivity index (χ0n) is 9.60. The Bertz CT molecular complexity index is 156. The number of unbranched alkanes of at least 4 members (excludes halogenated alkanes) is 9. The third-order valence-electron chi connectivity index (χ3n) is 2.56. The van der Waals surface area contributed by atoms with E-state index in [2.05, 4.69) is 6.07 Å². The molecule has 0 unspecified atom stereocenters. The lowest BCUT2D eigenvalue weighted by molar-refractivity contribution is 0.567. The van der Waals surface area contributed by atoms with Crippen LogP contribution in [-0.4, -0.2) is 8.83 Å². The van der Waals surface area contributed by atoms with Gasteiger partial charge in [-0.2, -0.15) is 16.3 Å². The SMILES string of the molecule is N#CCCCCCCCCCCC[Si]Cl. The molecule has 0 saturated carbocycles. The Balaban J connectivity index is 2.84. The van der Waals surface area contributed by atoms with Gasteiger partial charge in [-0.1, -0.05) is 51.4 Å². The van der Waals surface area contributed by atoms with Crippen LogP contribution < -0.4 is 0 Å². The lowest BCUT2D eigenvalue weighted by atomic mass is 10.1. The smallest absolute Gasteiger partial charge is 0.171 e. The molecule has 0 amide bonds. The average Bonchev–Trinajstić information content (AvgIpc) is 2.26. The molecule has 0 rings (SSSR count). The Hall–Kier alpha value is -0.00312. The first kappa shape index (κ1) is 15.0. The standard InChI is InChI=1S/C12H22ClNSi/c13-15-12-10-8-6-4-2-1-3-5-7-9-11-14/h1-10,12H2. The fourth-order valence-electron chi connectivity index (χ4n) is 1.63. The number of rotatable bonds is 11. The molecule has 0 aromatic rings. The summed E-state index contributed by atoms with van der Waals surface area (Å²) < 4.78 is 0. The van der Waals surface area contributed by atoms with Gasteiger partial charge in [-0.3, -0.25) is 0 Å². The predicted molar refractivity (Wildman–Crippen MR) is 68.2 cm³/mol. The van der Waals surface area contributed by atoms with Crippen LogP contribution in [0.1, 0.15) is 64.2 Å². The topological polar surface area (TPSA) is 23.8 Å². The number of hydrogen-bond acceptors (Lipinski definition) is 1. The molecule has 86 valence electrons. The normalized spacial score (nSPS) is 10.1. The minimum absolute atomic E-state index is 0.615. The maximum absolute atomic E-state index is 8.35. The molecule has 0 aliphatic heterocycles. The van der Waals surface area contributed by atoms with Gasteiger partial charge in [-0.05, 0) is 12.5 Å². The molecule has 15 heavy (non-hydrogen) atoms. The van der Waals surface area contributed by atoms with E-state index in [0.29, 0.717) is 8.83 Å². The van der Waals surface area contributed by atoms with Crippen molar-refractivity contribution in [2.24, 2.45) is 0 Å². The summed E-state index contributed by atoms with van der Waals surface area (Å²) in [6, 6.07) is 3.39. The van der Waals surface area contributed by atoms with Crippen LogP contribution in [0.25, 0.3) is 0 Å². The van der Waals surface area contributed by atoms with Crippen LogP contribution in [0.15, 0.2) is 0 Å². The molecule has 0 atom stereocenters. The minimum atomic E-state index is 0.615. The van der Waals surface area contributed by atoms with Gasteiger partial charge in [-0.15, -0.1) is 0 Å². The number of nitrogens with zero attached hydrogens (tertiary/aromatic N) is 1. The summed E-state index contributed by atoms with van der Waals surface area (Å²) in [6.07, 6.45) is 12.5. The summed E-state index contributed by atoms with van der Waals surface area (Å²) >= 11 is 5.63. The van der Waals surface area contributed by atoms with Gasteiger partial charge in [0.1, 0.15) is 0 Å². The van der Waals surface area contributed by atoms with E-state index in [1.165, 1.54) is 57.4 Å². The molecule has 0 bridgehead atoms. The van der Waals surface area contributed by atoms with E-state index in [1.807, 2.05) is 0 Å². The fraction of sp³-hybridized carbons (Fsp3) is 0.917. The van der Waals surface area contributed by atoms with Gasteiger partial charge in [0, 0.05) is 6.42 Å². The van der Waals surface area contributed by atoms with Crippen molar-refractivity contribution in [3.63, 3.8) is 0 Å². The minimum Gasteiger partial charge on any atom is -0.198 e. The summed E-state index contributed by atoms with van der Waals surface area (Å²) in [6.45, 7) is 0. The molecule has 0 heterocycles. The Morgan fingerprint density at radius 1 is 0.800 bits per heavy atom. The number of halogens is 1. The van der Waals surface area contributed by atoms with Gasteiger partial charge in [0.05, 0.1) is 6.07 Å². The van der Waals surface area contributed by atoms with Gasteiger partial charge in [0.15, 0.2) is 8.83 Å². The highest BCUT2D eigenvalue weighted by molar-refractivity contribution is 6.93. The van der Waals surface area contributed by atoms with Crippen LogP contribution in [0.3, 0.4) is 0 Å². The fourth-order valence-corrected chi connectivity index (χ4v) is 2.42. The summed E-state index contributed by atoms with van der Waals surface area (Å²) in [5.74, 6) is 0. The number of nitriles is 1. The van der Waals surface area contributed by atoms with Crippen molar-refractivity contribution in [2.45, 2.75) is 70.3 Å².